The van der Waals surface area contributed by atoms with Crippen molar-refractivity contribution in [1.29, 1.82) is 0 Å². The Bertz CT molecular complexity index is 311. The maximum Gasteiger partial charge on any atom is 0.0428 e. The highest BCUT2D eigenvalue weighted by molar-refractivity contribution is 7.99. The van der Waals surface area contributed by atoms with E-state index in [1.54, 1.807) is 0 Å². The zero-order valence-corrected chi connectivity index (χ0v) is 14.6. The van der Waals surface area contributed by atoms with Crippen molar-refractivity contribution < 1.29 is 0 Å². The fourth-order valence-electron chi connectivity index (χ4n) is 3.89. The van der Waals surface area contributed by atoms with E-state index < -0.39 is 0 Å². The molecule has 0 aromatic rings. The third-order valence-electron chi connectivity index (χ3n) is 4.72. The molecule has 0 radical (unpaired) electrons. The summed E-state index contributed by atoms with van der Waals surface area (Å²) in [6, 6.07) is 0. The third kappa shape index (κ3) is 3.90. The van der Waals surface area contributed by atoms with E-state index in [4.69, 9.17) is 5.73 Å². The van der Waals surface area contributed by atoms with Gasteiger partial charge in [0, 0.05) is 50.6 Å². The second-order valence-electron chi connectivity index (χ2n) is 7.94. The van der Waals surface area contributed by atoms with Crippen molar-refractivity contribution >= 4 is 11.8 Å². The Labute approximate surface area is 129 Å². The molecule has 2 aliphatic heterocycles. The van der Waals surface area contributed by atoms with Gasteiger partial charge >= 0.3 is 0 Å². The average molecular weight is 300 g/mol. The van der Waals surface area contributed by atoms with E-state index in [-0.39, 0.29) is 5.54 Å². The number of nitrogens with zero attached hydrogens (tertiary/aromatic N) is 2. The van der Waals surface area contributed by atoms with E-state index >= 15 is 0 Å². The highest BCUT2D eigenvalue weighted by Crippen LogP contribution is 2.42. The molecule has 0 spiro atoms. The number of piperazine rings is 1. The first kappa shape index (κ1) is 16.6. The quantitative estimate of drug-likeness (QED) is 0.862. The molecule has 2 saturated heterocycles. The molecule has 2 rings (SSSR count). The third-order valence-corrected chi connectivity index (χ3v) is 6.44. The molecule has 0 aliphatic carbocycles. The van der Waals surface area contributed by atoms with Gasteiger partial charge < -0.3 is 10.6 Å². The lowest BCUT2D eigenvalue weighted by Gasteiger charge is -2.53. The second kappa shape index (κ2) is 6.55. The average Bonchev–Trinajstić information content (AvgIpc) is 2.37. The zero-order valence-electron chi connectivity index (χ0n) is 13.8. The van der Waals surface area contributed by atoms with Gasteiger partial charge in [0.25, 0.3) is 0 Å². The summed E-state index contributed by atoms with van der Waals surface area (Å²) in [5.41, 5.74) is 6.91. The fraction of sp³-hybridized carbons (Fsp3) is 1.00. The molecule has 1 atom stereocenters. The van der Waals surface area contributed by atoms with E-state index in [1.165, 1.54) is 50.7 Å². The number of thioether (sulfide) groups is 1. The first-order chi connectivity index (χ1) is 9.37. The SMILES string of the molecule is CC(C)CN1CCN(C2(CN)CSCC(C)(C)C2)CC1. The summed E-state index contributed by atoms with van der Waals surface area (Å²) >= 11 is 2.10. The van der Waals surface area contributed by atoms with Gasteiger partial charge in [-0.3, -0.25) is 4.90 Å². The molecular weight excluding hydrogens is 266 g/mol. The minimum absolute atomic E-state index is 0.246. The molecule has 2 N–H and O–H groups in total. The van der Waals surface area contributed by atoms with Gasteiger partial charge in [-0.15, -0.1) is 0 Å². The van der Waals surface area contributed by atoms with Crippen molar-refractivity contribution in [2.45, 2.75) is 39.7 Å². The van der Waals surface area contributed by atoms with Crippen molar-refractivity contribution in [2.75, 3.05) is 50.8 Å². The number of hydrogen-bond acceptors (Lipinski definition) is 4. The van der Waals surface area contributed by atoms with Gasteiger partial charge in [-0.1, -0.05) is 27.7 Å². The molecule has 118 valence electrons. The second-order valence-corrected chi connectivity index (χ2v) is 8.93. The lowest BCUT2D eigenvalue weighted by molar-refractivity contribution is 0.0200. The predicted molar refractivity (Wildman–Crippen MR) is 90.4 cm³/mol. The van der Waals surface area contributed by atoms with Crippen LogP contribution in [0.15, 0.2) is 0 Å². The summed E-state index contributed by atoms with van der Waals surface area (Å²) in [5.74, 6) is 3.27. The minimum atomic E-state index is 0.246. The van der Waals surface area contributed by atoms with Gasteiger partial charge in [-0.2, -0.15) is 11.8 Å². The topological polar surface area (TPSA) is 32.5 Å². The van der Waals surface area contributed by atoms with E-state index in [0.29, 0.717) is 5.41 Å². The van der Waals surface area contributed by atoms with Gasteiger partial charge in [-0.25, -0.2) is 0 Å². The normalized spacial score (nSPS) is 32.7. The zero-order chi connectivity index (χ0) is 14.8. The molecule has 2 fully saturated rings. The predicted octanol–water partition coefficient (Wildman–Crippen LogP) is 2.12. The lowest BCUT2D eigenvalue weighted by Crippen LogP contribution is -2.64. The van der Waals surface area contributed by atoms with Crippen LogP contribution < -0.4 is 5.73 Å². The Hall–Kier alpha value is 0.230. The Kier molecular flexibility index (Phi) is 5.44. The molecule has 3 nitrogen and oxygen atoms in total. The largest absolute Gasteiger partial charge is 0.329 e. The Balaban J connectivity index is 1.96. The van der Waals surface area contributed by atoms with Crippen LogP contribution in [0.5, 0.6) is 0 Å². The number of hydrogen-bond donors (Lipinski definition) is 1. The molecule has 1 unspecified atom stereocenters. The lowest BCUT2D eigenvalue weighted by atomic mass is 9.78. The van der Waals surface area contributed by atoms with Crippen LogP contribution in [-0.2, 0) is 0 Å². The van der Waals surface area contributed by atoms with Gasteiger partial charge in [0.15, 0.2) is 0 Å². The van der Waals surface area contributed by atoms with Crippen molar-refractivity contribution in [1.82, 2.24) is 9.80 Å². The summed E-state index contributed by atoms with van der Waals surface area (Å²) in [4.78, 5) is 5.32. The molecular formula is C16H33N3S. The molecule has 0 amide bonds. The Morgan fingerprint density at radius 3 is 2.25 bits per heavy atom. The van der Waals surface area contributed by atoms with Gasteiger partial charge in [0.1, 0.15) is 0 Å². The molecule has 0 saturated carbocycles. The van der Waals surface area contributed by atoms with Crippen molar-refractivity contribution in [2.24, 2.45) is 17.1 Å². The number of nitrogens with two attached hydrogens (primary N) is 1. The van der Waals surface area contributed by atoms with Crippen LogP contribution in [0.4, 0.5) is 0 Å². The summed E-state index contributed by atoms with van der Waals surface area (Å²) in [7, 11) is 0. The smallest absolute Gasteiger partial charge is 0.0428 e. The van der Waals surface area contributed by atoms with E-state index in [0.717, 1.165) is 12.5 Å². The summed E-state index contributed by atoms with van der Waals surface area (Å²) < 4.78 is 0. The van der Waals surface area contributed by atoms with Crippen molar-refractivity contribution in [3.8, 4) is 0 Å². The highest BCUT2D eigenvalue weighted by atomic mass is 32.2. The molecule has 4 heteroatoms. The standard InChI is InChI=1S/C16H33N3S/c1-14(2)9-18-5-7-19(8-6-18)16(11-17)10-15(3,4)12-20-13-16/h14H,5-13,17H2,1-4H3. The van der Waals surface area contributed by atoms with Gasteiger partial charge in [-0.05, 0) is 23.5 Å². The molecule has 0 aromatic carbocycles. The molecule has 20 heavy (non-hydrogen) atoms. The van der Waals surface area contributed by atoms with Crippen LogP contribution >= 0.6 is 11.8 Å². The maximum absolute atomic E-state index is 6.24. The molecule has 0 aromatic heterocycles. The number of rotatable bonds is 4. The molecule has 2 heterocycles. The van der Waals surface area contributed by atoms with E-state index in [1.807, 2.05) is 0 Å². The first-order valence-corrected chi connectivity index (χ1v) is 9.28. The monoisotopic (exact) mass is 299 g/mol. The summed E-state index contributed by atoms with van der Waals surface area (Å²) in [5, 5.41) is 0. The molecule has 0 bridgehead atoms. The van der Waals surface area contributed by atoms with E-state index in [2.05, 4.69) is 49.3 Å². The van der Waals surface area contributed by atoms with Crippen LogP contribution in [0, 0.1) is 11.3 Å². The Morgan fingerprint density at radius 2 is 1.75 bits per heavy atom. The summed E-state index contributed by atoms with van der Waals surface area (Å²) in [6.07, 6.45) is 1.26. The van der Waals surface area contributed by atoms with Gasteiger partial charge in [0.05, 0.1) is 0 Å². The van der Waals surface area contributed by atoms with E-state index in [9.17, 15) is 0 Å². The fourth-order valence-corrected chi connectivity index (χ4v) is 5.43. The summed E-state index contributed by atoms with van der Waals surface area (Å²) in [6.45, 7) is 16.3. The van der Waals surface area contributed by atoms with Crippen molar-refractivity contribution in [3.63, 3.8) is 0 Å². The van der Waals surface area contributed by atoms with Crippen LogP contribution in [0.1, 0.15) is 34.1 Å². The Morgan fingerprint density at radius 1 is 1.10 bits per heavy atom. The first-order valence-electron chi connectivity index (χ1n) is 8.12. The minimum Gasteiger partial charge on any atom is -0.329 e. The van der Waals surface area contributed by atoms with Crippen LogP contribution in [-0.4, -0.2) is 66.1 Å². The van der Waals surface area contributed by atoms with Crippen LogP contribution in [0.2, 0.25) is 0 Å². The van der Waals surface area contributed by atoms with Crippen molar-refractivity contribution in [3.05, 3.63) is 0 Å². The maximum atomic E-state index is 6.24. The highest BCUT2D eigenvalue weighted by Gasteiger charge is 2.44. The van der Waals surface area contributed by atoms with Crippen LogP contribution in [0.25, 0.3) is 0 Å². The van der Waals surface area contributed by atoms with Gasteiger partial charge in [0.2, 0.25) is 0 Å². The van der Waals surface area contributed by atoms with Crippen LogP contribution in [0.3, 0.4) is 0 Å². The molecule has 2 aliphatic rings.